The molecule has 4 nitrogen and oxygen atoms in total. The lowest BCUT2D eigenvalue weighted by Crippen LogP contribution is -2.42. The predicted octanol–water partition coefficient (Wildman–Crippen LogP) is 1.34. The molecule has 1 aromatic heterocycles. The minimum Gasteiger partial charge on any atom is -0.350 e. The van der Waals surface area contributed by atoms with Crippen LogP contribution in [0.25, 0.3) is 0 Å². The molecule has 1 amide bonds. The van der Waals surface area contributed by atoms with Crippen molar-refractivity contribution in [3.8, 4) is 0 Å². The molecule has 1 saturated carbocycles. The molecular formula is C11H17Cl2N3O. The molecule has 3 N–H and O–H groups in total. The van der Waals surface area contributed by atoms with Crippen LogP contribution in [0.2, 0.25) is 0 Å². The van der Waals surface area contributed by atoms with Crippen LogP contribution >= 0.6 is 24.8 Å². The number of amides is 1. The van der Waals surface area contributed by atoms with E-state index >= 15 is 0 Å². The monoisotopic (exact) mass is 277 g/mol. The lowest BCUT2D eigenvalue weighted by molar-refractivity contribution is -0.123. The van der Waals surface area contributed by atoms with E-state index in [1.54, 1.807) is 6.20 Å². The highest BCUT2D eigenvalue weighted by molar-refractivity contribution is 5.88. The van der Waals surface area contributed by atoms with Crippen LogP contribution in [0.1, 0.15) is 24.1 Å². The van der Waals surface area contributed by atoms with E-state index in [9.17, 15) is 4.79 Å². The lowest BCUT2D eigenvalue weighted by Gasteiger charge is -2.09. The Morgan fingerprint density at radius 2 is 2.12 bits per heavy atom. The first-order valence-corrected chi connectivity index (χ1v) is 5.09. The van der Waals surface area contributed by atoms with E-state index in [1.165, 1.54) is 0 Å². The number of carbonyl (C=O) groups excluding carboxylic acids is 1. The first-order valence-electron chi connectivity index (χ1n) is 5.09. The van der Waals surface area contributed by atoms with Gasteiger partial charge >= 0.3 is 0 Å². The zero-order valence-corrected chi connectivity index (χ0v) is 11.2. The standard InChI is InChI=1S/C11H15N3O.2ClH/c1-8-2-3-9(6-13-8)7-14-10(15)11(12)4-5-11;;/h2-3,6H,4-5,7,12H2,1H3,(H,14,15);2*1H. The van der Waals surface area contributed by atoms with Crippen molar-refractivity contribution in [2.24, 2.45) is 5.73 Å². The summed E-state index contributed by atoms with van der Waals surface area (Å²) in [6.07, 6.45) is 3.36. The number of halogens is 2. The van der Waals surface area contributed by atoms with Crippen molar-refractivity contribution in [3.05, 3.63) is 29.6 Å². The Kier molecular flexibility index (Phi) is 5.88. The molecule has 6 heteroatoms. The van der Waals surface area contributed by atoms with Crippen LogP contribution in [0, 0.1) is 6.92 Å². The van der Waals surface area contributed by atoms with Gasteiger partial charge in [-0.25, -0.2) is 0 Å². The van der Waals surface area contributed by atoms with Crippen molar-refractivity contribution in [1.82, 2.24) is 10.3 Å². The van der Waals surface area contributed by atoms with Crippen molar-refractivity contribution in [3.63, 3.8) is 0 Å². The number of nitrogens with zero attached hydrogens (tertiary/aromatic N) is 1. The summed E-state index contributed by atoms with van der Waals surface area (Å²) in [5.74, 6) is -0.0527. The number of nitrogens with one attached hydrogen (secondary N) is 1. The maximum Gasteiger partial charge on any atom is 0.240 e. The van der Waals surface area contributed by atoms with Gasteiger partial charge in [0, 0.05) is 18.4 Å². The molecule has 2 rings (SSSR count). The summed E-state index contributed by atoms with van der Waals surface area (Å²) in [5, 5.41) is 2.82. The second-order valence-corrected chi connectivity index (χ2v) is 4.15. The minimum atomic E-state index is -0.585. The summed E-state index contributed by atoms with van der Waals surface area (Å²) < 4.78 is 0. The van der Waals surface area contributed by atoms with Gasteiger partial charge in [0.05, 0.1) is 5.54 Å². The molecule has 96 valence electrons. The number of aryl methyl sites for hydroxylation is 1. The molecule has 0 aliphatic heterocycles. The summed E-state index contributed by atoms with van der Waals surface area (Å²) >= 11 is 0. The van der Waals surface area contributed by atoms with Crippen LogP contribution in [-0.4, -0.2) is 16.4 Å². The minimum absolute atomic E-state index is 0. The molecule has 1 aliphatic rings. The molecule has 0 aromatic carbocycles. The Balaban J connectivity index is 0.00000128. The van der Waals surface area contributed by atoms with Crippen LogP contribution in [0.4, 0.5) is 0 Å². The third-order valence-corrected chi connectivity index (χ3v) is 2.67. The van der Waals surface area contributed by atoms with Crippen molar-refractivity contribution in [1.29, 1.82) is 0 Å². The largest absolute Gasteiger partial charge is 0.350 e. The fourth-order valence-corrected chi connectivity index (χ4v) is 1.32. The van der Waals surface area contributed by atoms with Crippen LogP contribution in [-0.2, 0) is 11.3 Å². The fraction of sp³-hybridized carbons (Fsp3) is 0.455. The summed E-state index contributed by atoms with van der Waals surface area (Å²) in [4.78, 5) is 15.7. The topological polar surface area (TPSA) is 68.0 Å². The van der Waals surface area contributed by atoms with E-state index in [1.807, 2.05) is 19.1 Å². The third kappa shape index (κ3) is 4.15. The van der Waals surface area contributed by atoms with Crippen molar-refractivity contribution in [2.45, 2.75) is 31.8 Å². The maximum atomic E-state index is 11.5. The quantitative estimate of drug-likeness (QED) is 0.876. The van der Waals surface area contributed by atoms with E-state index in [0.29, 0.717) is 6.54 Å². The van der Waals surface area contributed by atoms with Gasteiger partial charge in [0.2, 0.25) is 5.91 Å². The summed E-state index contributed by atoms with van der Waals surface area (Å²) in [5.41, 5.74) is 7.14. The Bertz CT molecular complexity index is 377. The molecule has 0 unspecified atom stereocenters. The predicted molar refractivity (Wildman–Crippen MR) is 71.5 cm³/mol. The van der Waals surface area contributed by atoms with E-state index in [-0.39, 0.29) is 30.7 Å². The first kappa shape index (κ1) is 16.2. The second-order valence-electron chi connectivity index (χ2n) is 4.15. The van der Waals surface area contributed by atoms with Crippen LogP contribution in [0.5, 0.6) is 0 Å². The van der Waals surface area contributed by atoms with Crippen LogP contribution in [0.3, 0.4) is 0 Å². The van der Waals surface area contributed by atoms with Crippen molar-refractivity contribution >= 4 is 30.7 Å². The lowest BCUT2D eigenvalue weighted by atomic mass is 10.2. The van der Waals surface area contributed by atoms with Gasteiger partial charge in [0.15, 0.2) is 0 Å². The molecule has 0 bridgehead atoms. The molecule has 0 saturated heterocycles. The molecular weight excluding hydrogens is 261 g/mol. The Hall–Kier alpha value is -0.840. The zero-order valence-electron chi connectivity index (χ0n) is 9.60. The summed E-state index contributed by atoms with van der Waals surface area (Å²) in [6, 6.07) is 3.88. The number of nitrogens with two attached hydrogens (primary N) is 1. The molecule has 1 heterocycles. The van der Waals surface area contributed by atoms with Crippen LogP contribution < -0.4 is 11.1 Å². The molecule has 0 radical (unpaired) electrons. The van der Waals surface area contributed by atoms with Crippen molar-refractivity contribution in [2.75, 3.05) is 0 Å². The fourth-order valence-electron chi connectivity index (χ4n) is 1.32. The van der Waals surface area contributed by atoms with Gasteiger partial charge in [0.1, 0.15) is 0 Å². The van der Waals surface area contributed by atoms with Gasteiger partial charge < -0.3 is 11.1 Å². The van der Waals surface area contributed by atoms with E-state index in [4.69, 9.17) is 5.73 Å². The highest BCUT2D eigenvalue weighted by Gasteiger charge is 2.45. The zero-order chi connectivity index (χ0) is 10.9. The Labute approximate surface area is 113 Å². The highest BCUT2D eigenvalue weighted by Crippen LogP contribution is 2.32. The number of aromatic nitrogens is 1. The number of hydrogen-bond donors (Lipinski definition) is 2. The van der Waals surface area contributed by atoms with Gasteiger partial charge in [-0.05, 0) is 31.4 Å². The van der Waals surface area contributed by atoms with Gasteiger partial charge in [-0.2, -0.15) is 0 Å². The SMILES string of the molecule is Cc1ccc(CNC(=O)C2(N)CC2)cn1.Cl.Cl. The second kappa shape index (κ2) is 6.19. The van der Waals surface area contributed by atoms with Gasteiger partial charge in [0.25, 0.3) is 0 Å². The average Bonchev–Trinajstić information content (AvgIpc) is 2.97. The van der Waals surface area contributed by atoms with E-state index in [0.717, 1.165) is 24.1 Å². The first-order chi connectivity index (χ1) is 7.10. The Morgan fingerprint density at radius 3 is 2.59 bits per heavy atom. The van der Waals surface area contributed by atoms with Crippen molar-refractivity contribution < 1.29 is 4.79 Å². The number of rotatable bonds is 3. The average molecular weight is 278 g/mol. The molecule has 0 atom stereocenters. The number of pyridine rings is 1. The third-order valence-electron chi connectivity index (χ3n) is 2.67. The smallest absolute Gasteiger partial charge is 0.240 e. The van der Waals surface area contributed by atoms with Gasteiger partial charge in [-0.3, -0.25) is 9.78 Å². The Morgan fingerprint density at radius 1 is 1.47 bits per heavy atom. The van der Waals surface area contributed by atoms with E-state index in [2.05, 4.69) is 10.3 Å². The summed E-state index contributed by atoms with van der Waals surface area (Å²) in [7, 11) is 0. The summed E-state index contributed by atoms with van der Waals surface area (Å²) in [6.45, 7) is 2.44. The van der Waals surface area contributed by atoms with Gasteiger partial charge in [-0.1, -0.05) is 6.07 Å². The maximum absolute atomic E-state index is 11.5. The number of hydrogen-bond acceptors (Lipinski definition) is 3. The van der Waals surface area contributed by atoms with E-state index < -0.39 is 5.54 Å². The number of carbonyl (C=O) groups is 1. The molecule has 17 heavy (non-hydrogen) atoms. The normalized spacial score (nSPS) is 15.2. The van der Waals surface area contributed by atoms with Crippen LogP contribution in [0.15, 0.2) is 18.3 Å². The molecule has 1 fully saturated rings. The molecule has 0 spiro atoms. The van der Waals surface area contributed by atoms with Gasteiger partial charge in [-0.15, -0.1) is 24.8 Å². The highest BCUT2D eigenvalue weighted by atomic mass is 35.5. The molecule has 1 aromatic rings. The molecule has 1 aliphatic carbocycles.